The maximum atomic E-state index is 13.0. The maximum absolute atomic E-state index is 13.0. The third-order valence-corrected chi connectivity index (χ3v) is 12.8. The second-order valence-electron chi connectivity index (χ2n) is 15.8. The van der Waals surface area contributed by atoms with E-state index in [1.165, 1.54) is 24.5 Å². The number of alkyl halides is 6. The van der Waals surface area contributed by atoms with Crippen LogP contribution in [0.25, 0.3) is 22.1 Å². The Labute approximate surface area is 343 Å². The lowest BCUT2D eigenvalue weighted by atomic mass is 9.73. The molecule has 2 aliphatic carbocycles. The highest BCUT2D eigenvalue weighted by atomic mass is 35.5. The minimum absolute atomic E-state index is 0.155. The average molecular weight is 844 g/mol. The standard InChI is InChI=1S/2C22H23ClF3N3/c2*1-2-17(21-28-18-8-7-16(23)12-19(18)29-21)14-5-3-13(4-6-14)15-9-10-27-20(11-15)22(24,25)26/h2*7-14,17H,2-6H2,1H3,(H,28,29). The van der Waals surface area contributed by atoms with E-state index in [2.05, 4.69) is 33.8 Å². The zero-order valence-electron chi connectivity index (χ0n) is 32.3. The molecule has 2 fully saturated rings. The summed E-state index contributed by atoms with van der Waals surface area (Å²) in [6.45, 7) is 4.32. The normalized spacial score (nSPS) is 21.4. The lowest BCUT2D eigenvalue weighted by molar-refractivity contribution is -0.142. The zero-order chi connectivity index (χ0) is 41.2. The van der Waals surface area contributed by atoms with E-state index in [0.717, 1.165) is 109 Å². The van der Waals surface area contributed by atoms with E-state index in [1.54, 1.807) is 12.1 Å². The molecule has 0 saturated heterocycles. The van der Waals surface area contributed by atoms with Crippen molar-refractivity contribution in [1.82, 2.24) is 29.9 Å². The summed E-state index contributed by atoms with van der Waals surface area (Å²) < 4.78 is 77.8. The zero-order valence-corrected chi connectivity index (χ0v) is 33.8. The average Bonchev–Trinajstić information content (AvgIpc) is 3.82. The van der Waals surface area contributed by atoms with E-state index in [9.17, 15) is 26.3 Å². The van der Waals surface area contributed by atoms with E-state index in [-0.39, 0.29) is 11.8 Å². The van der Waals surface area contributed by atoms with E-state index in [0.29, 0.717) is 33.7 Å². The smallest absolute Gasteiger partial charge is 0.342 e. The predicted molar refractivity (Wildman–Crippen MR) is 216 cm³/mol. The number of nitrogens with one attached hydrogen (secondary N) is 2. The van der Waals surface area contributed by atoms with Crippen molar-refractivity contribution in [3.63, 3.8) is 0 Å². The quantitative estimate of drug-likeness (QED) is 0.150. The van der Waals surface area contributed by atoms with Gasteiger partial charge in [-0.15, -0.1) is 0 Å². The van der Waals surface area contributed by atoms with Crippen LogP contribution in [0, 0.1) is 11.8 Å². The fourth-order valence-electron chi connectivity index (χ4n) is 9.28. The molecule has 308 valence electrons. The van der Waals surface area contributed by atoms with Crippen molar-refractivity contribution < 1.29 is 26.3 Å². The molecule has 2 aromatic carbocycles. The van der Waals surface area contributed by atoms with Gasteiger partial charge in [0.05, 0.1) is 22.1 Å². The summed E-state index contributed by atoms with van der Waals surface area (Å²) in [4.78, 5) is 23.3. The first kappa shape index (κ1) is 42.0. The summed E-state index contributed by atoms with van der Waals surface area (Å²) in [6.07, 6.45) is 3.14. The third-order valence-electron chi connectivity index (χ3n) is 12.3. The minimum atomic E-state index is -4.40. The molecule has 2 N–H and O–H groups in total. The van der Waals surface area contributed by atoms with Crippen LogP contribution in [0.2, 0.25) is 10.0 Å². The lowest BCUT2D eigenvalue weighted by Gasteiger charge is -2.33. The topological polar surface area (TPSA) is 83.1 Å². The van der Waals surface area contributed by atoms with Crippen molar-refractivity contribution >= 4 is 45.3 Å². The van der Waals surface area contributed by atoms with E-state index in [4.69, 9.17) is 33.2 Å². The van der Waals surface area contributed by atoms with Gasteiger partial charge in [0.2, 0.25) is 0 Å². The molecule has 0 radical (unpaired) electrons. The van der Waals surface area contributed by atoms with Crippen molar-refractivity contribution in [3.05, 3.63) is 117 Å². The number of H-pyrrole nitrogens is 2. The summed E-state index contributed by atoms with van der Waals surface area (Å²) in [5.41, 5.74) is 3.59. The van der Waals surface area contributed by atoms with Crippen molar-refractivity contribution in [2.24, 2.45) is 11.8 Å². The number of nitrogens with zero attached hydrogens (tertiary/aromatic N) is 4. The Kier molecular flexibility index (Phi) is 12.7. The number of aromatic nitrogens is 6. The third kappa shape index (κ3) is 9.65. The van der Waals surface area contributed by atoms with Crippen molar-refractivity contribution in [2.45, 2.75) is 114 Å². The highest BCUT2D eigenvalue weighted by molar-refractivity contribution is 6.31. The number of hydrogen-bond donors (Lipinski definition) is 2. The number of rotatable bonds is 8. The molecular formula is C44H46Cl2F6N6. The Morgan fingerprint density at radius 2 is 0.948 bits per heavy atom. The summed E-state index contributed by atoms with van der Waals surface area (Å²) in [7, 11) is 0. The van der Waals surface area contributed by atoms with Gasteiger partial charge < -0.3 is 9.97 Å². The molecule has 6 aromatic rings. The molecule has 14 heteroatoms. The van der Waals surface area contributed by atoms with Crippen molar-refractivity contribution in [3.8, 4) is 0 Å². The van der Waals surface area contributed by atoms with Gasteiger partial charge >= 0.3 is 12.4 Å². The van der Waals surface area contributed by atoms with E-state index < -0.39 is 23.7 Å². The molecule has 0 bridgehead atoms. The molecule has 4 aromatic heterocycles. The number of fused-ring (bicyclic) bond motifs is 2. The molecule has 0 spiro atoms. The van der Waals surface area contributed by atoms with Crippen molar-refractivity contribution in [1.29, 1.82) is 0 Å². The van der Waals surface area contributed by atoms with Crippen LogP contribution in [0.1, 0.15) is 136 Å². The molecule has 0 aliphatic heterocycles. The van der Waals surface area contributed by atoms with Gasteiger partial charge in [0, 0.05) is 34.3 Å². The largest absolute Gasteiger partial charge is 0.433 e. The molecule has 2 aliphatic rings. The highest BCUT2D eigenvalue weighted by Crippen LogP contribution is 2.45. The number of halogens is 8. The first-order chi connectivity index (χ1) is 27.7. The van der Waals surface area contributed by atoms with Crippen LogP contribution in [0.5, 0.6) is 0 Å². The number of benzene rings is 2. The fourth-order valence-corrected chi connectivity index (χ4v) is 9.62. The summed E-state index contributed by atoms with van der Waals surface area (Å²) in [6, 6.07) is 17.2. The number of pyridine rings is 2. The Morgan fingerprint density at radius 1 is 0.569 bits per heavy atom. The molecule has 0 amide bonds. The second-order valence-corrected chi connectivity index (χ2v) is 16.6. The van der Waals surface area contributed by atoms with Gasteiger partial charge in [-0.2, -0.15) is 26.3 Å². The van der Waals surface area contributed by atoms with Crippen LogP contribution in [0.15, 0.2) is 73.1 Å². The summed E-state index contributed by atoms with van der Waals surface area (Å²) >= 11 is 12.2. The Bertz CT molecular complexity index is 2140. The summed E-state index contributed by atoms with van der Waals surface area (Å²) in [5, 5.41) is 1.36. The molecule has 8 rings (SSSR count). The molecule has 4 heterocycles. The molecule has 6 nitrogen and oxygen atoms in total. The number of aromatic amines is 2. The van der Waals surface area contributed by atoms with Crippen LogP contribution in [-0.4, -0.2) is 29.9 Å². The van der Waals surface area contributed by atoms with E-state index >= 15 is 0 Å². The van der Waals surface area contributed by atoms with Gasteiger partial charge in [-0.25, -0.2) is 9.97 Å². The SMILES string of the molecule is CCC(c1nc2ccc(Cl)cc2[nH]1)C1CCC(c2ccnc(C(F)(F)F)c2)CC1.CCC(c1nc2ccc(Cl)cc2[nH]1)C1CCC(c2ccnc(C(F)(F)F)c2)CC1. The minimum Gasteiger partial charge on any atom is -0.342 e. The van der Waals surface area contributed by atoms with Gasteiger partial charge in [0.15, 0.2) is 0 Å². The van der Waals surface area contributed by atoms with Crippen LogP contribution in [0.4, 0.5) is 26.3 Å². The Balaban J connectivity index is 0.000000177. The Hall–Kier alpha value is -4.16. The monoisotopic (exact) mass is 842 g/mol. The van der Waals surface area contributed by atoms with Gasteiger partial charge in [-0.05, 0) is 160 Å². The van der Waals surface area contributed by atoms with Gasteiger partial charge in [-0.1, -0.05) is 37.0 Å². The number of imidazole rings is 2. The van der Waals surface area contributed by atoms with Gasteiger partial charge in [0.25, 0.3) is 0 Å². The van der Waals surface area contributed by atoms with Crippen LogP contribution in [-0.2, 0) is 12.4 Å². The van der Waals surface area contributed by atoms with Gasteiger partial charge in [-0.3, -0.25) is 9.97 Å². The highest BCUT2D eigenvalue weighted by Gasteiger charge is 2.36. The molecule has 2 atom stereocenters. The van der Waals surface area contributed by atoms with Gasteiger partial charge in [0.1, 0.15) is 23.0 Å². The molecule has 58 heavy (non-hydrogen) atoms. The van der Waals surface area contributed by atoms with Crippen molar-refractivity contribution in [2.75, 3.05) is 0 Å². The van der Waals surface area contributed by atoms with Crippen LogP contribution in [0.3, 0.4) is 0 Å². The first-order valence-electron chi connectivity index (χ1n) is 20.1. The number of hydrogen-bond acceptors (Lipinski definition) is 4. The maximum Gasteiger partial charge on any atom is 0.433 e. The molecule has 2 unspecified atom stereocenters. The fraction of sp³-hybridized carbons (Fsp3) is 0.455. The molecular weight excluding hydrogens is 797 g/mol. The lowest BCUT2D eigenvalue weighted by Crippen LogP contribution is -2.21. The first-order valence-corrected chi connectivity index (χ1v) is 20.8. The second kappa shape index (κ2) is 17.6. The van der Waals surface area contributed by atoms with E-state index in [1.807, 2.05) is 36.4 Å². The predicted octanol–water partition coefficient (Wildman–Crippen LogP) is 14.2. The van der Waals surface area contributed by atoms with Crippen LogP contribution >= 0.6 is 23.2 Å². The summed E-state index contributed by atoms with van der Waals surface area (Å²) in [5.74, 6) is 3.83. The Morgan fingerprint density at radius 3 is 1.29 bits per heavy atom. The van der Waals surface area contributed by atoms with Crippen LogP contribution < -0.4 is 0 Å². The molecule has 2 saturated carbocycles.